The molecule has 0 N–H and O–H groups in total. The maximum atomic E-state index is 12.2. The molecule has 1 aromatic rings. The van der Waals surface area contributed by atoms with E-state index in [2.05, 4.69) is 29.6 Å². The highest BCUT2D eigenvalue weighted by Gasteiger charge is 2.27. The van der Waals surface area contributed by atoms with E-state index < -0.39 is 0 Å². The van der Waals surface area contributed by atoms with Crippen molar-refractivity contribution in [2.75, 3.05) is 25.1 Å². The molecule has 1 fully saturated rings. The molecule has 1 aromatic heterocycles. The Morgan fingerprint density at radius 1 is 1.55 bits per heavy atom. The fourth-order valence-electron chi connectivity index (χ4n) is 2.84. The molecule has 0 aliphatic carbocycles. The second-order valence-corrected chi connectivity index (χ2v) is 6.69. The number of aromatic nitrogens is 2. The van der Waals surface area contributed by atoms with Crippen molar-refractivity contribution in [3.63, 3.8) is 0 Å². The van der Waals surface area contributed by atoms with Crippen LogP contribution in [0, 0.1) is 0 Å². The quantitative estimate of drug-likeness (QED) is 0.838. The molecule has 20 heavy (non-hydrogen) atoms. The van der Waals surface area contributed by atoms with Crippen LogP contribution in [-0.4, -0.2) is 45.5 Å². The Hall–Kier alpha value is -0.970. The fraction of sp³-hybridized carbons (Fsp3) is 0.733. The van der Waals surface area contributed by atoms with Gasteiger partial charge in [0.2, 0.25) is 5.91 Å². The summed E-state index contributed by atoms with van der Waals surface area (Å²) in [4.78, 5) is 18.7. The van der Waals surface area contributed by atoms with Gasteiger partial charge in [0, 0.05) is 49.6 Å². The number of hydrogen-bond acceptors (Lipinski definition) is 3. The van der Waals surface area contributed by atoms with E-state index in [4.69, 9.17) is 0 Å². The van der Waals surface area contributed by atoms with Crippen molar-refractivity contribution in [3.8, 4) is 0 Å². The Morgan fingerprint density at radius 2 is 2.35 bits per heavy atom. The van der Waals surface area contributed by atoms with Gasteiger partial charge in [0.15, 0.2) is 0 Å². The van der Waals surface area contributed by atoms with Crippen molar-refractivity contribution in [3.05, 3.63) is 18.2 Å². The van der Waals surface area contributed by atoms with Crippen LogP contribution in [0.25, 0.3) is 0 Å². The van der Waals surface area contributed by atoms with Crippen LogP contribution in [0.3, 0.4) is 0 Å². The smallest absolute Gasteiger partial charge is 0.223 e. The first kappa shape index (κ1) is 15.4. The Bertz CT molecular complexity index is 444. The predicted octanol–water partition coefficient (Wildman–Crippen LogP) is 2.92. The summed E-state index contributed by atoms with van der Waals surface area (Å²) >= 11 is 1.73. The fourth-order valence-corrected chi connectivity index (χ4v) is 3.22. The second-order valence-electron chi connectivity index (χ2n) is 5.71. The Morgan fingerprint density at radius 3 is 3.05 bits per heavy atom. The molecule has 0 unspecified atom stereocenters. The Labute approximate surface area is 125 Å². The van der Waals surface area contributed by atoms with Crippen molar-refractivity contribution in [1.82, 2.24) is 14.5 Å². The number of piperidine rings is 1. The molecule has 1 amide bonds. The van der Waals surface area contributed by atoms with E-state index in [9.17, 15) is 4.79 Å². The van der Waals surface area contributed by atoms with Crippen LogP contribution in [0.2, 0.25) is 0 Å². The molecule has 1 aliphatic heterocycles. The van der Waals surface area contributed by atoms with Crippen LogP contribution in [0.15, 0.2) is 12.4 Å². The van der Waals surface area contributed by atoms with E-state index in [-0.39, 0.29) is 0 Å². The predicted molar refractivity (Wildman–Crippen MR) is 84.2 cm³/mol. The van der Waals surface area contributed by atoms with Crippen LogP contribution < -0.4 is 0 Å². The number of nitrogens with zero attached hydrogens (tertiary/aromatic N) is 3. The third kappa shape index (κ3) is 3.57. The van der Waals surface area contributed by atoms with Gasteiger partial charge < -0.3 is 9.47 Å². The third-order valence-electron chi connectivity index (χ3n) is 3.91. The minimum atomic E-state index is 0.298. The molecule has 5 heteroatoms. The molecule has 2 rings (SSSR count). The van der Waals surface area contributed by atoms with Gasteiger partial charge in [-0.2, -0.15) is 11.8 Å². The van der Waals surface area contributed by atoms with Gasteiger partial charge in [-0.25, -0.2) is 4.98 Å². The molecule has 1 saturated heterocycles. The first-order chi connectivity index (χ1) is 9.63. The van der Waals surface area contributed by atoms with Gasteiger partial charge in [0.1, 0.15) is 5.82 Å². The van der Waals surface area contributed by atoms with Gasteiger partial charge in [0.05, 0.1) is 0 Å². The van der Waals surface area contributed by atoms with Crippen LogP contribution in [0.5, 0.6) is 0 Å². The minimum absolute atomic E-state index is 0.298. The molecule has 1 aliphatic rings. The summed E-state index contributed by atoms with van der Waals surface area (Å²) in [6, 6.07) is 0.426. The zero-order chi connectivity index (χ0) is 14.5. The molecular formula is C15H25N3OS. The van der Waals surface area contributed by atoms with E-state index in [0.717, 1.165) is 37.5 Å². The molecule has 0 bridgehead atoms. The lowest BCUT2D eigenvalue weighted by atomic mass is 9.96. The van der Waals surface area contributed by atoms with Crippen LogP contribution in [-0.2, 0) is 4.79 Å². The normalized spacial score (nSPS) is 19.6. The molecule has 112 valence electrons. The first-order valence-electron chi connectivity index (χ1n) is 7.43. The number of rotatable bonds is 5. The number of hydrogen-bond donors (Lipinski definition) is 0. The minimum Gasteiger partial charge on any atom is -0.342 e. The highest BCUT2D eigenvalue weighted by molar-refractivity contribution is 7.98. The maximum absolute atomic E-state index is 12.2. The van der Waals surface area contributed by atoms with E-state index in [0.29, 0.717) is 24.3 Å². The van der Waals surface area contributed by atoms with E-state index in [1.165, 1.54) is 0 Å². The number of likely N-dealkylation sites (tertiary alicyclic amines) is 1. The summed E-state index contributed by atoms with van der Waals surface area (Å²) in [5, 5.41) is 0. The summed E-state index contributed by atoms with van der Waals surface area (Å²) in [5.41, 5.74) is 0. The van der Waals surface area contributed by atoms with Crippen molar-refractivity contribution < 1.29 is 4.79 Å². The molecule has 0 saturated carbocycles. The monoisotopic (exact) mass is 295 g/mol. The van der Waals surface area contributed by atoms with Crippen molar-refractivity contribution in [1.29, 1.82) is 0 Å². The largest absolute Gasteiger partial charge is 0.342 e. The van der Waals surface area contributed by atoms with Crippen molar-refractivity contribution in [2.45, 2.75) is 45.1 Å². The molecule has 0 spiro atoms. The lowest BCUT2D eigenvalue weighted by molar-refractivity contribution is -0.132. The van der Waals surface area contributed by atoms with Gasteiger partial charge in [-0.15, -0.1) is 0 Å². The lowest BCUT2D eigenvalue weighted by Crippen LogP contribution is -2.40. The van der Waals surface area contributed by atoms with E-state index >= 15 is 0 Å². The highest BCUT2D eigenvalue weighted by atomic mass is 32.2. The zero-order valence-electron chi connectivity index (χ0n) is 12.7. The molecular weight excluding hydrogens is 270 g/mol. The Kier molecular flexibility index (Phi) is 5.52. The number of amides is 1. The topological polar surface area (TPSA) is 38.1 Å². The molecule has 4 nitrogen and oxygen atoms in total. The number of carbonyl (C=O) groups is 1. The van der Waals surface area contributed by atoms with Gasteiger partial charge in [-0.05, 0) is 32.9 Å². The average molecular weight is 295 g/mol. The van der Waals surface area contributed by atoms with Crippen molar-refractivity contribution >= 4 is 17.7 Å². The summed E-state index contributed by atoms with van der Waals surface area (Å²) in [6.45, 7) is 6.09. The van der Waals surface area contributed by atoms with Crippen LogP contribution in [0.1, 0.15) is 50.9 Å². The van der Waals surface area contributed by atoms with E-state index in [1.54, 1.807) is 11.8 Å². The summed E-state index contributed by atoms with van der Waals surface area (Å²) < 4.78 is 2.24. The zero-order valence-corrected chi connectivity index (χ0v) is 13.5. The molecule has 2 heterocycles. The van der Waals surface area contributed by atoms with Gasteiger partial charge >= 0.3 is 0 Å². The Balaban J connectivity index is 2.03. The third-order valence-corrected chi connectivity index (χ3v) is 4.53. The van der Waals surface area contributed by atoms with E-state index in [1.807, 2.05) is 17.4 Å². The molecule has 1 atom stereocenters. The van der Waals surface area contributed by atoms with Gasteiger partial charge in [-0.3, -0.25) is 4.79 Å². The maximum Gasteiger partial charge on any atom is 0.223 e. The number of imidazole rings is 1. The summed E-state index contributed by atoms with van der Waals surface area (Å²) in [7, 11) is 0. The standard InChI is InChI=1S/C15H25N3OS/c1-12(2)18-9-7-16-15(18)13-5-4-8-17(11-13)14(19)6-10-20-3/h7,9,12-13H,4-6,8,10-11H2,1-3H3/t13-/m0/s1. The summed E-state index contributed by atoms with van der Waals surface area (Å²) in [5.74, 6) is 2.74. The van der Waals surface area contributed by atoms with Gasteiger partial charge in [-0.1, -0.05) is 0 Å². The lowest BCUT2D eigenvalue weighted by Gasteiger charge is -2.33. The van der Waals surface area contributed by atoms with Gasteiger partial charge in [0.25, 0.3) is 0 Å². The number of thioether (sulfide) groups is 1. The SMILES string of the molecule is CSCCC(=O)N1CCC[C@H](c2nccn2C(C)C)C1. The molecule has 0 radical (unpaired) electrons. The number of carbonyl (C=O) groups excluding carboxylic acids is 1. The highest BCUT2D eigenvalue weighted by Crippen LogP contribution is 2.27. The molecule has 0 aromatic carbocycles. The first-order valence-corrected chi connectivity index (χ1v) is 8.82. The van der Waals surface area contributed by atoms with Crippen LogP contribution in [0.4, 0.5) is 0 Å². The second kappa shape index (κ2) is 7.16. The average Bonchev–Trinajstić information content (AvgIpc) is 2.94. The van der Waals surface area contributed by atoms with Crippen LogP contribution >= 0.6 is 11.8 Å². The van der Waals surface area contributed by atoms with Crippen molar-refractivity contribution in [2.24, 2.45) is 0 Å². The summed E-state index contributed by atoms with van der Waals surface area (Å²) in [6.07, 6.45) is 8.85.